The van der Waals surface area contributed by atoms with Gasteiger partial charge in [-0.05, 0) is 31.9 Å². The summed E-state index contributed by atoms with van der Waals surface area (Å²) >= 11 is 0. The molecule has 0 fully saturated rings. The van der Waals surface area contributed by atoms with E-state index in [0.29, 0.717) is 12.0 Å². The van der Waals surface area contributed by atoms with E-state index in [1.807, 2.05) is 0 Å². The van der Waals surface area contributed by atoms with Crippen LogP contribution in [-0.2, 0) is 13.0 Å². The smallest absolute Gasteiger partial charge is 0.0718 e. The summed E-state index contributed by atoms with van der Waals surface area (Å²) in [6.07, 6.45) is 2.21. The molecule has 0 saturated heterocycles. The Balaban J connectivity index is 2.27. The van der Waals surface area contributed by atoms with Gasteiger partial charge in [-0.2, -0.15) is 5.10 Å². The topological polar surface area (TPSA) is 29.9 Å². The Hall–Kier alpha value is -1.35. The van der Waals surface area contributed by atoms with Crippen molar-refractivity contribution >= 4 is 10.9 Å². The number of para-hydroxylation sites is 1. The van der Waals surface area contributed by atoms with Gasteiger partial charge in [-0.1, -0.05) is 39.0 Å². The molecule has 0 aliphatic heterocycles. The molecular formula is C17H27N3. The monoisotopic (exact) mass is 273 g/mol. The summed E-state index contributed by atoms with van der Waals surface area (Å²) in [5.41, 5.74) is 2.49. The van der Waals surface area contributed by atoms with Crippen molar-refractivity contribution in [3.05, 3.63) is 30.0 Å². The number of nitrogens with zero attached hydrogens (tertiary/aromatic N) is 2. The van der Waals surface area contributed by atoms with Crippen LogP contribution in [0.1, 0.15) is 39.8 Å². The largest absolute Gasteiger partial charge is 0.314 e. The molecule has 3 nitrogen and oxygen atoms in total. The maximum absolute atomic E-state index is 4.81. The van der Waals surface area contributed by atoms with Gasteiger partial charge in [0, 0.05) is 24.4 Å². The van der Waals surface area contributed by atoms with Gasteiger partial charge in [0.05, 0.1) is 11.2 Å². The summed E-state index contributed by atoms with van der Waals surface area (Å²) in [6.45, 7) is 10.8. The lowest BCUT2D eigenvalue weighted by atomic mass is 9.98. The van der Waals surface area contributed by atoms with Crippen LogP contribution < -0.4 is 5.32 Å². The Labute approximate surface area is 122 Å². The molecule has 3 heteroatoms. The van der Waals surface area contributed by atoms with E-state index in [0.717, 1.165) is 19.5 Å². The van der Waals surface area contributed by atoms with E-state index in [4.69, 9.17) is 5.10 Å². The molecule has 0 saturated carbocycles. The van der Waals surface area contributed by atoms with Gasteiger partial charge in [0.15, 0.2) is 0 Å². The van der Waals surface area contributed by atoms with Crippen molar-refractivity contribution in [2.75, 3.05) is 6.54 Å². The van der Waals surface area contributed by atoms with Crippen molar-refractivity contribution in [3.63, 3.8) is 0 Å². The SMILES string of the molecule is CCNC(Cc1nn(CC)c2ccccc12)CC(C)C. The maximum atomic E-state index is 4.81. The van der Waals surface area contributed by atoms with Crippen LogP contribution in [0.4, 0.5) is 0 Å². The number of hydrogen-bond acceptors (Lipinski definition) is 2. The zero-order valence-corrected chi connectivity index (χ0v) is 13.2. The van der Waals surface area contributed by atoms with Crippen LogP contribution in [-0.4, -0.2) is 22.4 Å². The van der Waals surface area contributed by atoms with Crippen molar-refractivity contribution in [3.8, 4) is 0 Å². The fourth-order valence-electron chi connectivity index (χ4n) is 2.92. The number of hydrogen-bond donors (Lipinski definition) is 1. The van der Waals surface area contributed by atoms with Gasteiger partial charge in [-0.15, -0.1) is 0 Å². The minimum Gasteiger partial charge on any atom is -0.314 e. The highest BCUT2D eigenvalue weighted by molar-refractivity contribution is 5.82. The molecule has 2 aromatic rings. The Morgan fingerprint density at radius 1 is 1.20 bits per heavy atom. The first-order valence-electron chi connectivity index (χ1n) is 7.83. The maximum Gasteiger partial charge on any atom is 0.0718 e. The summed E-state index contributed by atoms with van der Waals surface area (Å²) in [7, 11) is 0. The van der Waals surface area contributed by atoms with E-state index in [1.165, 1.54) is 23.0 Å². The Morgan fingerprint density at radius 3 is 2.60 bits per heavy atom. The van der Waals surface area contributed by atoms with Gasteiger partial charge in [-0.3, -0.25) is 4.68 Å². The summed E-state index contributed by atoms with van der Waals surface area (Å²) in [6, 6.07) is 9.08. The molecule has 0 radical (unpaired) electrons. The van der Waals surface area contributed by atoms with E-state index < -0.39 is 0 Å². The second kappa shape index (κ2) is 6.89. The molecule has 2 rings (SSSR count). The highest BCUT2D eigenvalue weighted by atomic mass is 15.3. The van der Waals surface area contributed by atoms with Gasteiger partial charge < -0.3 is 5.32 Å². The Morgan fingerprint density at radius 2 is 1.95 bits per heavy atom. The molecule has 110 valence electrons. The molecule has 1 unspecified atom stereocenters. The standard InChI is InChI=1S/C17H27N3/c1-5-18-14(11-13(3)4)12-16-15-9-7-8-10-17(15)20(6-2)19-16/h7-10,13-14,18H,5-6,11-12H2,1-4H3. The predicted molar refractivity (Wildman–Crippen MR) is 86.0 cm³/mol. The molecule has 20 heavy (non-hydrogen) atoms. The van der Waals surface area contributed by atoms with Crippen LogP contribution >= 0.6 is 0 Å². The second-order valence-electron chi connectivity index (χ2n) is 5.87. The molecule has 1 atom stereocenters. The number of benzene rings is 1. The van der Waals surface area contributed by atoms with Gasteiger partial charge in [0.1, 0.15) is 0 Å². The third-order valence-electron chi connectivity index (χ3n) is 3.72. The lowest BCUT2D eigenvalue weighted by Crippen LogP contribution is -2.32. The number of aryl methyl sites for hydroxylation is 1. The minimum atomic E-state index is 0.517. The van der Waals surface area contributed by atoms with E-state index >= 15 is 0 Å². The molecule has 0 amide bonds. The molecule has 1 heterocycles. The van der Waals surface area contributed by atoms with E-state index in [9.17, 15) is 0 Å². The second-order valence-corrected chi connectivity index (χ2v) is 5.87. The lowest BCUT2D eigenvalue weighted by Gasteiger charge is -2.19. The Bertz CT molecular complexity index is 542. The van der Waals surface area contributed by atoms with Crippen molar-refractivity contribution in [2.45, 2.75) is 53.1 Å². The van der Waals surface area contributed by atoms with Crippen molar-refractivity contribution in [1.82, 2.24) is 15.1 Å². The summed E-state index contributed by atoms with van der Waals surface area (Å²) in [5.74, 6) is 0.707. The first-order valence-corrected chi connectivity index (χ1v) is 7.83. The van der Waals surface area contributed by atoms with Crippen LogP contribution in [0, 0.1) is 5.92 Å². The molecule has 1 aromatic heterocycles. The van der Waals surface area contributed by atoms with Crippen molar-refractivity contribution < 1.29 is 0 Å². The zero-order chi connectivity index (χ0) is 14.5. The number of rotatable bonds is 7. The molecule has 0 aliphatic carbocycles. The van der Waals surface area contributed by atoms with Gasteiger partial charge in [0.25, 0.3) is 0 Å². The zero-order valence-electron chi connectivity index (χ0n) is 13.2. The average Bonchev–Trinajstić information content (AvgIpc) is 2.77. The van der Waals surface area contributed by atoms with Crippen molar-refractivity contribution in [2.24, 2.45) is 5.92 Å². The highest BCUT2D eigenvalue weighted by Crippen LogP contribution is 2.21. The summed E-state index contributed by atoms with van der Waals surface area (Å²) < 4.78 is 2.11. The molecule has 1 aromatic carbocycles. The quantitative estimate of drug-likeness (QED) is 0.835. The Kier molecular flexibility index (Phi) is 5.18. The number of fused-ring (bicyclic) bond motifs is 1. The minimum absolute atomic E-state index is 0.517. The summed E-state index contributed by atoms with van der Waals surface area (Å²) in [5, 5.41) is 9.73. The normalized spacial score (nSPS) is 13.2. The molecule has 0 spiro atoms. The van der Waals surface area contributed by atoms with Crippen LogP contribution in [0.25, 0.3) is 10.9 Å². The first kappa shape index (κ1) is 15.0. The first-order chi connectivity index (χ1) is 9.65. The van der Waals surface area contributed by atoms with Gasteiger partial charge >= 0.3 is 0 Å². The average molecular weight is 273 g/mol. The third-order valence-corrected chi connectivity index (χ3v) is 3.72. The highest BCUT2D eigenvalue weighted by Gasteiger charge is 2.15. The van der Waals surface area contributed by atoms with Crippen LogP contribution in [0.2, 0.25) is 0 Å². The number of likely N-dealkylation sites (N-methyl/N-ethyl adjacent to an activating group) is 1. The van der Waals surface area contributed by atoms with E-state index in [2.05, 4.69) is 62.0 Å². The predicted octanol–water partition coefficient (Wildman–Crippen LogP) is 3.62. The fraction of sp³-hybridized carbons (Fsp3) is 0.588. The number of aromatic nitrogens is 2. The van der Waals surface area contributed by atoms with E-state index in [-0.39, 0.29) is 0 Å². The molecule has 0 bridgehead atoms. The number of nitrogens with one attached hydrogen (secondary N) is 1. The van der Waals surface area contributed by atoms with Gasteiger partial charge in [-0.25, -0.2) is 0 Å². The molecular weight excluding hydrogens is 246 g/mol. The van der Waals surface area contributed by atoms with Crippen LogP contribution in [0.15, 0.2) is 24.3 Å². The summed E-state index contributed by atoms with van der Waals surface area (Å²) in [4.78, 5) is 0. The van der Waals surface area contributed by atoms with Crippen LogP contribution in [0.3, 0.4) is 0 Å². The van der Waals surface area contributed by atoms with E-state index in [1.54, 1.807) is 0 Å². The molecule has 0 aliphatic rings. The van der Waals surface area contributed by atoms with Crippen LogP contribution in [0.5, 0.6) is 0 Å². The lowest BCUT2D eigenvalue weighted by molar-refractivity contribution is 0.420. The fourth-order valence-corrected chi connectivity index (χ4v) is 2.92. The third kappa shape index (κ3) is 3.40. The van der Waals surface area contributed by atoms with Crippen molar-refractivity contribution in [1.29, 1.82) is 0 Å². The van der Waals surface area contributed by atoms with Gasteiger partial charge in [0.2, 0.25) is 0 Å². The molecule has 1 N–H and O–H groups in total.